The molecule has 2 amide bonds. The number of hydrogen-bond donors (Lipinski definition) is 2. The number of benzene rings is 1. The topological polar surface area (TPSA) is 88.5 Å². The van der Waals surface area contributed by atoms with Crippen LogP contribution >= 0.6 is 0 Å². The van der Waals surface area contributed by atoms with Crippen molar-refractivity contribution in [2.75, 3.05) is 24.1 Å². The van der Waals surface area contributed by atoms with Crippen molar-refractivity contribution in [2.24, 2.45) is 5.92 Å². The van der Waals surface area contributed by atoms with E-state index in [-0.39, 0.29) is 11.8 Å². The lowest BCUT2D eigenvalue weighted by atomic mass is 9.94. The van der Waals surface area contributed by atoms with E-state index in [0.717, 1.165) is 23.2 Å². The number of imidazole rings is 1. The summed E-state index contributed by atoms with van der Waals surface area (Å²) >= 11 is 0. The van der Waals surface area contributed by atoms with Crippen molar-refractivity contribution in [3.63, 3.8) is 0 Å². The van der Waals surface area contributed by atoms with Crippen LogP contribution in [0.15, 0.2) is 60.9 Å². The molecule has 3 N–H and O–H groups in total. The average Bonchev–Trinajstić information content (AvgIpc) is 3.22. The Balaban J connectivity index is 1.24. The minimum atomic E-state index is -0.299. The van der Waals surface area contributed by atoms with Gasteiger partial charge in [0, 0.05) is 36.7 Å². The number of fused-ring (bicyclic) bond motifs is 1. The molecule has 1 aliphatic heterocycles. The quantitative estimate of drug-likeness (QED) is 0.510. The highest BCUT2D eigenvalue weighted by Crippen LogP contribution is 2.27. The average molecular weight is 430 g/mol. The summed E-state index contributed by atoms with van der Waals surface area (Å²) in [6.07, 6.45) is 4.62. The second-order valence-electron chi connectivity index (χ2n) is 8.17. The predicted octanol–water partition coefficient (Wildman–Crippen LogP) is 4.13. The van der Waals surface area contributed by atoms with Crippen LogP contribution in [-0.4, -0.2) is 38.4 Å². The fourth-order valence-electron chi connectivity index (χ4n) is 4.15. The highest BCUT2D eigenvalue weighted by molar-refractivity contribution is 5.92. The van der Waals surface area contributed by atoms with Crippen LogP contribution in [0.3, 0.4) is 0 Å². The Bertz CT molecular complexity index is 1310. The Morgan fingerprint density at radius 2 is 2.06 bits per heavy atom. The number of nitrogens with zero attached hydrogens (tertiary/aromatic N) is 4. The van der Waals surface area contributed by atoms with Gasteiger partial charge in [-0.15, -0.1) is 0 Å². The number of nitrogen functional groups attached to an aromatic ring is 1. The Morgan fingerprint density at radius 3 is 2.88 bits per heavy atom. The maximum atomic E-state index is 13.4. The first kappa shape index (κ1) is 20.0. The third-order valence-corrected chi connectivity index (χ3v) is 5.87. The first-order valence-corrected chi connectivity index (χ1v) is 10.5. The molecule has 8 heteroatoms. The van der Waals surface area contributed by atoms with Crippen LogP contribution in [0.5, 0.6) is 0 Å². The lowest BCUT2D eigenvalue weighted by Crippen LogP contribution is -2.52. The molecular formula is C24H23FN6O. The number of nitrogens with one attached hydrogen (secondary N) is 1. The van der Waals surface area contributed by atoms with E-state index in [0.29, 0.717) is 36.2 Å². The molecular weight excluding hydrogens is 407 g/mol. The normalized spacial score (nSPS) is 13.9. The van der Waals surface area contributed by atoms with Gasteiger partial charge in [0.05, 0.1) is 11.4 Å². The number of urea groups is 1. The van der Waals surface area contributed by atoms with E-state index in [2.05, 4.69) is 25.8 Å². The number of halogens is 1. The molecule has 4 aromatic rings. The number of pyridine rings is 2. The molecule has 32 heavy (non-hydrogen) atoms. The van der Waals surface area contributed by atoms with E-state index in [1.54, 1.807) is 29.3 Å². The molecule has 0 aliphatic carbocycles. The summed E-state index contributed by atoms with van der Waals surface area (Å²) in [6.45, 7) is 3.14. The van der Waals surface area contributed by atoms with Crippen LogP contribution in [0.25, 0.3) is 16.9 Å². The van der Waals surface area contributed by atoms with E-state index in [9.17, 15) is 9.18 Å². The van der Waals surface area contributed by atoms with Crippen molar-refractivity contribution in [3.05, 3.63) is 78.0 Å². The molecule has 1 aliphatic rings. The number of anilines is 2. The molecule has 0 unspecified atom stereocenters. The van der Waals surface area contributed by atoms with Crippen LogP contribution in [0, 0.1) is 18.7 Å². The summed E-state index contributed by atoms with van der Waals surface area (Å²) in [4.78, 5) is 23.3. The lowest BCUT2D eigenvalue weighted by molar-refractivity contribution is 0.130. The Morgan fingerprint density at radius 1 is 1.22 bits per heavy atom. The maximum absolute atomic E-state index is 13.4. The summed E-state index contributed by atoms with van der Waals surface area (Å²) in [5.74, 6) is 0.391. The van der Waals surface area contributed by atoms with Crippen molar-refractivity contribution < 1.29 is 9.18 Å². The summed E-state index contributed by atoms with van der Waals surface area (Å²) in [7, 11) is 0. The van der Waals surface area contributed by atoms with E-state index in [1.807, 2.05) is 25.3 Å². The fourth-order valence-corrected chi connectivity index (χ4v) is 4.15. The maximum Gasteiger partial charge on any atom is 0.323 e. The van der Waals surface area contributed by atoms with Gasteiger partial charge >= 0.3 is 6.03 Å². The standard InChI is InChI=1S/C24H23FN6O/c1-15-11-17(25)5-6-19(15)21-8-7-20(26)23(28-21)29-24(32)30-13-16(14-30)12-18-3-2-4-22-27-9-10-31(18)22/h2-11,16H,12-14,26H2,1H3,(H,28,29,32). The molecule has 1 aromatic carbocycles. The van der Waals surface area contributed by atoms with Crippen LogP contribution in [-0.2, 0) is 6.42 Å². The summed E-state index contributed by atoms with van der Waals surface area (Å²) in [5, 5.41) is 2.82. The van der Waals surface area contributed by atoms with Crippen LogP contribution in [0.4, 0.5) is 20.7 Å². The molecule has 0 radical (unpaired) electrons. The zero-order valence-corrected chi connectivity index (χ0v) is 17.6. The van der Waals surface area contributed by atoms with Crippen LogP contribution < -0.4 is 11.1 Å². The number of aryl methyl sites for hydroxylation is 1. The minimum absolute atomic E-state index is 0.228. The Hall–Kier alpha value is -3.94. The number of hydrogen-bond acceptors (Lipinski definition) is 4. The van der Waals surface area contributed by atoms with Gasteiger partial charge in [-0.25, -0.2) is 19.2 Å². The van der Waals surface area contributed by atoms with Crippen molar-refractivity contribution in [1.29, 1.82) is 0 Å². The van der Waals surface area contributed by atoms with Gasteiger partial charge < -0.3 is 15.0 Å². The molecule has 0 bridgehead atoms. The predicted molar refractivity (Wildman–Crippen MR) is 122 cm³/mol. The summed E-state index contributed by atoms with van der Waals surface area (Å²) in [5.41, 5.74) is 10.7. The Labute approximate surface area is 184 Å². The van der Waals surface area contributed by atoms with Crippen molar-refractivity contribution >= 4 is 23.2 Å². The van der Waals surface area contributed by atoms with Gasteiger partial charge in [-0.05, 0) is 67.3 Å². The van der Waals surface area contributed by atoms with E-state index in [4.69, 9.17) is 5.73 Å². The summed E-state index contributed by atoms with van der Waals surface area (Å²) < 4.78 is 15.5. The zero-order chi connectivity index (χ0) is 22.2. The first-order valence-electron chi connectivity index (χ1n) is 10.5. The molecule has 0 spiro atoms. The van der Waals surface area contributed by atoms with Crippen LogP contribution in [0.1, 0.15) is 11.3 Å². The van der Waals surface area contributed by atoms with Gasteiger partial charge in [-0.2, -0.15) is 0 Å². The number of nitrogens with two attached hydrogens (primary N) is 1. The van der Waals surface area contributed by atoms with Crippen molar-refractivity contribution in [1.82, 2.24) is 19.3 Å². The lowest BCUT2D eigenvalue weighted by Gasteiger charge is -2.39. The van der Waals surface area contributed by atoms with Gasteiger partial charge in [0.15, 0.2) is 5.82 Å². The number of rotatable bonds is 4. The largest absolute Gasteiger partial charge is 0.396 e. The van der Waals surface area contributed by atoms with E-state index in [1.165, 1.54) is 17.8 Å². The second kappa shape index (κ2) is 7.96. The van der Waals surface area contributed by atoms with Gasteiger partial charge in [0.25, 0.3) is 0 Å². The Kier molecular flexibility index (Phi) is 4.97. The summed E-state index contributed by atoms with van der Waals surface area (Å²) in [6, 6.07) is 13.8. The second-order valence-corrected chi connectivity index (χ2v) is 8.17. The van der Waals surface area contributed by atoms with Gasteiger partial charge in [-0.3, -0.25) is 5.32 Å². The number of amides is 2. The SMILES string of the molecule is Cc1cc(F)ccc1-c1ccc(N)c(NC(=O)N2CC(Cc3cccc4nccn34)C2)n1. The molecule has 7 nitrogen and oxygen atoms in total. The molecule has 1 fully saturated rings. The monoisotopic (exact) mass is 430 g/mol. The molecule has 5 rings (SSSR count). The zero-order valence-electron chi connectivity index (χ0n) is 17.6. The molecule has 1 saturated heterocycles. The van der Waals surface area contributed by atoms with Gasteiger partial charge in [0.1, 0.15) is 11.5 Å². The van der Waals surface area contributed by atoms with Gasteiger partial charge in [-0.1, -0.05) is 6.07 Å². The molecule has 4 heterocycles. The molecule has 0 atom stereocenters. The highest BCUT2D eigenvalue weighted by atomic mass is 19.1. The van der Waals surface area contributed by atoms with E-state index < -0.39 is 0 Å². The van der Waals surface area contributed by atoms with E-state index >= 15 is 0 Å². The van der Waals surface area contributed by atoms with Crippen LogP contribution in [0.2, 0.25) is 0 Å². The highest BCUT2D eigenvalue weighted by Gasteiger charge is 2.31. The van der Waals surface area contributed by atoms with Crippen molar-refractivity contribution in [2.45, 2.75) is 13.3 Å². The first-order chi connectivity index (χ1) is 15.5. The number of aromatic nitrogens is 3. The molecule has 0 saturated carbocycles. The smallest absolute Gasteiger partial charge is 0.323 e. The number of carbonyl (C=O) groups excluding carboxylic acids is 1. The minimum Gasteiger partial charge on any atom is -0.396 e. The van der Waals surface area contributed by atoms with Gasteiger partial charge in [0.2, 0.25) is 0 Å². The number of carbonyl (C=O) groups is 1. The third kappa shape index (κ3) is 3.75. The molecule has 162 valence electrons. The third-order valence-electron chi connectivity index (χ3n) is 5.87. The van der Waals surface area contributed by atoms with Crippen molar-refractivity contribution in [3.8, 4) is 11.3 Å². The molecule has 3 aromatic heterocycles. The number of likely N-dealkylation sites (tertiary alicyclic amines) is 1. The fraction of sp³-hybridized carbons (Fsp3) is 0.208.